The van der Waals surface area contributed by atoms with E-state index in [1.807, 2.05) is 0 Å². The number of alkyl halides is 3. The molecule has 0 aliphatic heterocycles. The van der Waals surface area contributed by atoms with Gasteiger partial charge in [-0.25, -0.2) is 0 Å². The summed E-state index contributed by atoms with van der Waals surface area (Å²) in [4.78, 5) is 10.2. The molecule has 5 heteroatoms. The molecule has 0 aromatic heterocycles. The van der Waals surface area contributed by atoms with E-state index in [-0.39, 0.29) is 12.8 Å². The quantitative estimate of drug-likeness (QED) is 0.739. The first-order chi connectivity index (χ1) is 7.23. The van der Waals surface area contributed by atoms with Gasteiger partial charge >= 0.3 is 12.1 Å². The van der Waals surface area contributed by atoms with Gasteiger partial charge in [-0.05, 0) is 13.3 Å². The van der Waals surface area contributed by atoms with Gasteiger partial charge in [0.15, 0.2) is 0 Å². The Kier molecular flexibility index (Phi) is 5.56. The molecule has 0 saturated carbocycles. The minimum absolute atomic E-state index is 0.0782. The van der Waals surface area contributed by atoms with Crippen molar-refractivity contribution < 1.29 is 23.1 Å². The summed E-state index contributed by atoms with van der Waals surface area (Å²) in [5.41, 5.74) is -0.233. The van der Waals surface area contributed by atoms with Gasteiger partial charge in [-0.2, -0.15) is 13.2 Å². The fraction of sp³-hybridized carbons (Fsp3) is 0.364. The van der Waals surface area contributed by atoms with E-state index in [0.29, 0.717) is 5.57 Å². The lowest BCUT2D eigenvalue weighted by molar-refractivity contribution is -0.136. The second-order valence-electron chi connectivity index (χ2n) is 3.26. The monoisotopic (exact) mass is 234 g/mol. The summed E-state index contributed by atoms with van der Waals surface area (Å²) in [7, 11) is 0. The molecule has 0 aromatic carbocycles. The van der Waals surface area contributed by atoms with Gasteiger partial charge in [-0.3, -0.25) is 4.79 Å². The van der Waals surface area contributed by atoms with E-state index >= 15 is 0 Å². The van der Waals surface area contributed by atoms with E-state index in [9.17, 15) is 18.0 Å². The van der Waals surface area contributed by atoms with Crippen molar-refractivity contribution in [1.82, 2.24) is 0 Å². The zero-order valence-corrected chi connectivity index (χ0v) is 8.84. The fourth-order valence-corrected chi connectivity index (χ4v) is 0.774. The molecule has 90 valence electrons. The van der Waals surface area contributed by atoms with Crippen LogP contribution in [0.5, 0.6) is 0 Å². The van der Waals surface area contributed by atoms with Crippen molar-refractivity contribution in [3.05, 3.63) is 36.0 Å². The third kappa shape index (κ3) is 6.86. The molecule has 0 spiro atoms. The van der Waals surface area contributed by atoms with Crippen LogP contribution in [-0.4, -0.2) is 17.3 Å². The molecule has 0 bridgehead atoms. The van der Waals surface area contributed by atoms with Crippen LogP contribution in [-0.2, 0) is 4.79 Å². The molecule has 0 unspecified atom stereocenters. The molecule has 1 N–H and O–H groups in total. The van der Waals surface area contributed by atoms with Gasteiger partial charge in [0.05, 0.1) is 0 Å². The van der Waals surface area contributed by atoms with Crippen LogP contribution in [0.25, 0.3) is 0 Å². The van der Waals surface area contributed by atoms with Crippen LogP contribution >= 0.6 is 0 Å². The Bertz CT molecular complexity index is 325. The third-order valence-corrected chi connectivity index (χ3v) is 1.79. The average Bonchev–Trinajstić information content (AvgIpc) is 2.13. The molecule has 16 heavy (non-hydrogen) atoms. The maximum absolute atomic E-state index is 12.0. The van der Waals surface area contributed by atoms with Gasteiger partial charge in [0, 0.05) is 12.0 Å². The van der Waals surface area contributed by atoms with Crippen LogP contribution < -0.4 is 0 Å². The largest absolute Gasteiger partial charge is 0.481 e. The molecule has 0 saturated heterocycles. The van der Waals surface area contributed by atoms with E-state index in [2.05, 4.69) is 6.58 Å². The number of aliphatic carboxylic acids is 1. The summed E-state index contributed by atoms with van der Waals surface area (Å²) in [6, 6.07) is 0. The van der Waals surface area contributed by atoms with Crippen molar-refractivity contribution >= 4 is 5.97 Å². The zero-order chi connectivity index (χ0) is 12.8. The second-order valence-corrected chi connectivity index (χ2v) is 3.26. The van der Waals surface area contributed by atoms with Crippen molar-refractivity contribution in [2.45, 2.75) is 25.9 Å². The van der Waals surface area contributed by atoms with Crippen molar-refractivity contribution in [3.8, 4) is 0 Å². The molecule has 0 rings (SSSR count). The number of rotatable bonds is 5. The number of carbonyl (C=O) groups is 1. The molecule has 0 fully saturated rings. The number of allylic oxidation sites excluding steroid dienone is 5. The minimum Gasteiger partial charge on any atom is -0.481 e. The van der Waals surface area contributed by atoms with Crippen LogP contribution in [0.4, 0.5) is 13.2 Å². The smallest absolute Gasteiger partial charge is 0.412 e. The maximum Gasteiger partial charge on any atom is 0.412 e. The number of carboxylic acid groups (broad SMARTS) is 1. The normalized spacial score (nSPS) is 13.1. The maximum atomic E-state index is 12.0. The van der Waals surface area contributed by atoms with E-state index < -0.39 is 17.7 Å². The van der Waals surface area contributed by atoms with Gasteiger partial charge in [-0.15, -0.1) is 0 Å². The molecular weight excluding hydrogens is 221 g/mol. The van der Waals surface area contributed by atoms with E-state index in [0.717, 1.165) is 13.0 Å². The van der Waals surface area contributed by atoms with Crippen molar-refractivity contribution in [2.75, 3.05) is 0 Å². The highest BCUT2D eigenvalue weighted by molar-refractivity contribution is 5.67. The Hall–Kier alpha value is -1.52. The van der Waals surface area contributed by atoms with Crippen molar-refractivity contribution in [3.63, 3.8) is 0 Å². The summed E-state index contributed by atoms with van der Waals surface area (Å²) < 4.78 is 36.1. The summed E-state index contributed by atoms with van der Waals surface area (Å²) >= 11 is 0. The summed E-state index contributed by atoms with van der Waals surface area (Å²) in [6.07, 6.45) is -0.667. The minimum atomic E-state index is -4.33. The first-order valence-corrected chi connectivity index (χ1v) is 4.55. The average molecular weight is 234 g/mol. The topological polar surface area (TPSA) is 37.3 Å². The standard InChI is InChI=1S/C11H13F3O2/c1-8(6-7-10(15)16)4-3-5-9(2)11(12,13)14/h3-5H,1,6-7H2,2H3,(H,15,16). The Morgan fingerprint density at radius 3 is 2.38 bits per heavy atom. The van der Waals surface area contributed by atoms with Gasteiger partial charge in [-0.1, -0.05) is 30.4 Å². The number of hydrogen-bond acceptors (Lipinski definition) is 1. The predicted octanol–water partition coefficient (Wildman–Crippen LogP) is 3.47. The van der Waals surface area contributed by atoms with Crippen LogP contribution in [0.2, 0.25) is 0 Å². The van der Waals surface area contributed by atoms with Crippen molar-refractivity contribution in [2.24, 2.45) is 0 Å². The van der Waals surface area contributed by atoms with Gasteiger partial charge in [0.1, 0.15) is 0 Å². The molecule has 0 aromatic rings. The highest BCUT2D eigenvalue weighted by Crippen LogP contribution is 2.24. The van der Waals surface area contributed by atoms with Crippen LogP contribution in [0.15, 0.2) is 36.0 Å². The Labute approximate surface area is 91.8 Å². The Morgan fingerprint density at radius 1 is 1.38 bits per heavy atom. The number of carboxylic acids is 1. The fourth-order valence-electron chi connectivity index (χ4n) is 0.774. The van der Waals surface area contributed by atoms with E-state index in [1.165, 1.54) is 12.2 Å². The van der Waals surface area contributed by atoms with Crippen LogP contribution in [0, 0.1) is 0 Å². The lowest BCUT2D eigenvalue weighted by Gasteiger charge is -2.04. The second kappa shape index (κ2) is 6.15. The number of halogens is 3. The molecule has 0 aliphatic carbocycles. The molecule has 2 nitrogen and oxygen atoms in total. The van der Waals surface area contributed by atoms with E-state index in [1.54, 1.807) is 0 Å². The highest BCUT2D eigenvalue weighted by Gasteiger charge is 2.29. The summed E-state index contributed by atoms with van der Waals surface area (Å²) in [5, 5.41) is 8.36. The third-order valence-electron chi connectivity index (χ3n) is 1.79. The highest BCUT2D eigenvalue weighted by atomic mass is 19.4. The lowest BCUT2D eigenvalue weighted by Crippen LogP contribution is -2.08. The molecule has 0 radical (unpaired) electrons. The number of hydrogen-bond donors (Lipinski definition) is 1. The van der Waals surface area contributed by atoms with Gasteiger partial charge in [0.2, 0.25) is 0 Å². The van der Waals surface area contributed by atoms with Crippen LogP contribution in [0.3, 0.4) is 0 Å². The molecule has 0 heterocycles. The van der Waals surface area contributed by atoms with Crippen molar-refractivity contribution in [1.29, 1.82) is 0 Å². The molecular formula is C11H13F3O2. The van der Waals surface area contributed by atoms with E-state index in [4.69, 9.17) is 5.11 Å². The summed E-state index contributed by atoms with van der Waals surface area (Å²) in [6.45, 7) is 4.49. The first kappa shape index (κ1) is 14.5. The Morgan fingerprint density at radius 2 is 1.94 bits per heavy atom. The zero-order valence-electron chi connectivity index (χ0n) is 8.84. The molecule has 0 amide bonds. The SMILES string of the molecule is C=C(C=CC=C(C)C(F)(F)F)CCC(=O)O. The van der Waals surface area contributed by atoms with Gasteiger partial charge in [0.25, 0.3) is 0 Å². The summed E-state index contributed by atoms with van der Waals surface area (Å²) in [5.74, 6) is -0.962. The Balaban J connectivity index is 4.20. The lowest BCUT2D eigenvalue weighted by atomic mass is 10.1. The van der Waals surface area contributed by atoms with Gasteiger partial charge < -0.3 is 5.11 Å². The molecule has 0 atom stereocenters. The van der Waals surface area contributed by atoms with Crippen LogP contribution in [0.1, 0.15) is 19.8 Å². The molecule has 0 aliphatic rings. The first-order valence-electron chi connectivity index (χ1n) is 4.55. The predicted molar refractivity (Wildman–Crippen MR) is 55.0 cm³/mol.